The van der Waals surface area contributed by atoms with Crippen molar-refractivity contribution in [2.75, 3.05) is 0 Å². The summed E-state index contributed by atoms with van der Waals surface area (Å²) in [4.78, 5) is 15.8. The molecule has 2 heterocycles. The van der Waals surface area contributed by atoms with E-state index in [0.29, 0.717) is 10.8 Å². The molecule has 5 aromatic carbocycles. The second kappa shape index (κ2) is 9.76. The van der Waals surface area contributed by atoms with Crippen LogP contribution in [0, 0.1) is 0 Å². The topological polar surface area (TPSA) is 38.7 Å². The smallest absolute Gasteiger partial charge is 0.149 e. The van der Waals surface area contributed by atoms with Crippen LogP contribution in [0.2, 0.25) is 5.02 Å². The third-order valence-corrected chi connectivity index (χ3v) is 8.49. The largest absolute Gasteiger partial charge is 0.254 e. The Kier molecular flexibility index (Phi) is 5.73. The molecule has 198 valence electrons. The van der Waals surface area contributed by atoms with Crippen LogP contribution < -0.4 is 0 Å². The lowest BCUT2D eigenvalue weighted by Crippen LogP contribution is -2.31. The number of rotatable bonds is 4. The zero-order valence-electron chi connectivity index (χ0n) is 22.6. The zero-order chi connectivity index (χ0) is 28.1. The van der Waals surface area contributed by atoms with Crippen molar-refractivity contribution in [3.8, 4) is 33.6 Å². The van der Waals surface area contributed by atoms with Crippen molar-refractivity contribution < 1.29 is 0 Å². The summed E-state index contributed by atoms with van der Waals surface area (Å²) in [5.41, 5.74) is 9.40. The summed E-state index contributed by atoms with van der Waals surface area (Å²) in [5.74, 6) is 0.707. The maximum atomic E-state index is 6.61. The molecule has 1 atom stereocenters. The molecule has 2 aromatic heterocycles. The van der Waals surface area contributed by atoms with E-state index in [2.05, 4.69) is 103 Å². The molecule has 0 amide bonds. The highest BCUT2D eigenvalue weighted by molar-refractivity contribution is 6.31. The highest BCUT2D eigenvalue weighted by Gasteiger charge is 2.48. The number of hydrogen-bond donors (Lipinski definition) is 0. The summed E-state index contributed by atoms with van der Waals surface area (Å²) in [7, 11) is 0. The minimum atomic E-state index is -0.765. The van der Waals surface area contributed by atoms with Crippen LogP contribution >= 0.6 is 11.6 Å². The number of benzene rings is 5. The van der Waals surface area contributed by atoms with E-state index in [4.69, 9.17) is 26.6 Å². The predicted molar refractivity (Wildman–Crippen MR) is 171 cm³/mol. The fraction of sp³-hybridized carbons (Fsp3) is 0.0263. The standard InChI is InChI=1S/C38H24ClN3/c39-28-20-21-33-31(24-28)29-18-10-11-19-32(29)38(33,27-16-8-3-9-17-27)37-41-34(25-12-4-1-5-13-25)30-22-23-40-35(36(30)42-37)26-14-6-2-7-15-26/h1-24H. The van der Waals surface area contributed by atoms with Crippen LogP contribution in [0.3, 0.4) is 0 Å². The molecule has 8 rings (SSSR count). The highest BCUT2D eigenvalue weighted by Crippen LogP contribution is 2.56. The molecule has 0 saturated heterocycles. The van der Waals surface area contributed by atoms with Crippen LogP contribution in [-0.2, 0) is 5.41 Å². The normalized spacial score (nSPS) is 15.4. The predicted octanol–water partition coefficient (Wildman–Crippen LogP) is 9.38. The molecular weight excluding hydrogens is 534 g/mol. The summed E-state index contributed by atoms with van der Waals surface area (Å²) in [5, 5.41) is 1.66. The van der Waals surface area contributed by atoms with Gasteiger partial charge >= 0.3 is 0 Å². The minimum Gasteiger partial charge on any atom is -0.254 e. The number of pyridine rings is 1. The summed E-state index contributed by atoms with van der Waals surface area (Å²) in [6, 6.07) is 48.0. The molecular formula is C38H24ClN3. The summed E-state index contributed by atoms with van der Waals surface area (Å²) in [6.45, 7) is 0. The maximum Gasteiger partial charge on any atom is 0.149 e. The van der Waals surface area contributed by atoms with E-state index in [1.54, 1.807) is 0 Å². The maximum absolute atomic E-state index is 6.61. The van der Waals surface area contributed by atoms with Gasteiger partial charge in [0.2, 0.25) is 0 Å². The van der Waals surface area contributed by atoms with E-state index in [-0.39, 0.29) is 0 Å². The Balaban J connectivity index is 1.56. The van der Waals surface area contributed by atoms with Gasteiger partial charge < -0.3 is 0 Å². The van der Waals surface area contributed by atoms with Gasteiger partial charge in [-0.05, 0) is 46.0 Å². The third kappa shape index (κ3) is 3.64. The monoisotopic (exact) mass is 557 g/mol. The fourth-order valence-corrected chi connectivity index (χ4v) is 6.64. The Labute approximate surface area is 249 Å². The summed E-state index contributed by atoms with van der Waals surface area (Å²) in [6.07, 6.45) is 1.86. The fourth-order valence-electron chi connectivity index (χ4n) is 6.47. The van der Waals surface area contributed by atoms with E-state index in [1.165, 1.54) is 0 Å². The van der Waals surface area contributed by atoms with Crippen molar-refractivity contribution in [3.05, 3.63) is 173 Å². The van der Waals surface area contributed by atoms with E-state index in [9.17, 15) is 0 Å². The number of halogens is 1. The second-order valence-corrected chi connectivity index (χ2v) is 11.0. The Hall–Kier alpha value is -5.12. The molecule has 0 saturated carbocycles. The van der Waals surface area contributed by atoms with Gasteiger partial charge in [0, 0.05) is 27.7 Å². The number of aromatic nitrogens is 3. The number of fused-ring (bicyclic) bond motifs is 4. The first-order chi connectivity index (χ1) is 20.7. The molecule has 1 unspecified atom stereocenters. The van der Waals surface area contributed by atoms with Gasteiger partial charge in [-0.3, -0.25) is 4.98 Å². The van der Waals surface area contributed by atoms with Crippen molar-refractivity contribution >= 4 is 22.5 Å². The molecule has 42 heavy (non-hydrogen) atoms. The van der Waals surface area contributed by atoms with E-state index in [0.717, 1.165) is 61.2 Å². The summed E-state index contributed by atoms with van der Waals surface area (Å²) >= 11 is 6.61. The van der Waals surface area contributed by atoms with Gasteiger partial charge in [0.1, 0.15) is 16.8 Å². The molecule has 0 N–H and O–H groups in total. The van der Waals surface area contributed by atoms with E-state index < -0.39 is 5.41 Å². The van der Waals surface area contributed by atoms with Crippen molar-refractivity contribution in [2.24, 2.45) is 0 Å². The van der Waals surface area contributed by atoms with Crippen molar-refractivity contribution in [3.63, 3.8) is 0 Å². The molecule has 0 fully saturated rings. The lowest BCUT2D eigenvalue weighted by atomic mass is 9.71. The highest BCUT2D eigenvalue weighted by atomic mass is 35.5. The van der Waals surface area contributed by atoms with Gasteiger partial charge in [0.05, 0.1) is 11.4 Å². The Bertz CT molecular complexity index is 2090. The number of hydrogen-bond acceptors (Lipinski definition) is 3. The first kappa shape index (κ1) is 24.7. The van der Waals surface area contributed by atoms with Crippen LogP contribution in [-0.4, -0.2) is 15.0 Å². The first-order valence-corrected chi connectivity index (χ1v) is 14.4. The summed E-state index contributed by atoms with van der Waals surface area (Å²) < 4.78 is 0. The van der Waals surface area contributed by atoms with E-state index >= 15 is 0 Å². The lowest BCUT2D eigenvalue weighted by Gasteiger charge is -2.32. The molecule has 0 radical (unpaired) electrons. The molecule has 1 aliphatic carbocycles. The lowest BCUT2D eigenvalue weighted by molar-refractivity contribution is 0.704. The van der Waals surface area contributed by atoms with E-state index in [1.807, 2.05) is 42.6 Å². The molecule has 1 aliphatic rings. The molecule has 4 heteroatoms. The SMILES string of the molecule is Clc1ccc2c(c1)-c1ccccc1C2(c1ccccc1)c1nc(-c2ccccc2)c2ccnc(-c3ccccc3)c2n1. The number of nitrogens with zero attached hydrogens (tertiary/aromatic N) is 3. The van der Waals surface area contributed by atoms with Crippen molar-refractivity contribution in [1.82, 2.24) is 15.0 Å². The van der Waals surface area contributed by atoms with Gasteiger partial charge in [0.15, 0.2) is 0 Å². The average Bonchev–Trinajstić information content (AvgIpc) is 3.35. The van der Waals surface area contributed by atoms with Crippen molar-refractivity contribution in [2.45, 2.75) is 5.41 Å². The van der Waals surface area contributed by atoms with Gasteiger partial charge in [-0.15, -0.1) is 0 Å². The molecule has 0 aliphatic heterocycles. The Morgan fingerprint density at radius 1 is 0.524 bits per heavy atom. The van der Waals surface area contributed by atoms with Gasteiger partial charge in [-0.1, -0.05) is 133 Å². The van der Waals surface area contributed by atoms with Gasteiger partial charge in [-0.2, -0.15) is 0 Å². The van der Waals surface area contributed by atoms with Crippen LogP contribution in [0.1, 0.15) is 22.5 Å². The molecule has 3 nitrogen and oxygen atoms in total. The minimum absolute atomic E-state index is 0.701. The molecule has 0 bridgehead atoms. The molecule has 7 aromatic rings. The third-order valence-electron chi connectivity index (χ3n) is 8.26. The van der Waals surface area contributed by atoms with Gasteiger partial charge in [0.25, 0.3) is 0 Å². The quantitative estimate of drug-likeness (QED) is 0.216. The van der Waals surface area contributed by atoms with Crippen LogP contribution in [0.15, 0.2) is 146 Å². The van der Waals surface area contributed by atoms with Gasteiger partial charge in [-0.25, -0.2) is 9.97 Å². The van der Waals surface area contributed by atoms with Crippen molar-refractivity contribution in [1.29, 1.82) is 0 Å². The zero-order valence-corrected chi connectivity index (χ0v) is 23.3. The second-order valence-electron chi connectivity index (χ2n) is 10.5. The Morgan fingerprint density at radius 3 is 1.88 bits per heavy atom. The Morgan fingerprint density at radius 2 is 1.14 bits per heavy atom. The van der Waals surface area contributed by atoms with Crippen LogP contribution in [0.5, 0.6) is 0 Å². The average molecular weight is 558 g/mol. The molecule has 0 spiro atoms. The van der Waals surface area contributed by atoms with Crippen LogP contribution in [0.25, 0.3) is 44.5 Å². The first-order valence-electron chi connectivity index (χ1n) is 14.0. The van der Waals surface area contributed by atoms with Crippen LogP contribution in [0.4, 0.5) is 0 Å².